The van der Waals surface area contributed by atoms with E-state index in [1.807, 2.05) is 10.8 Å². The summed E-state index contributed by atoms with van der Waals surface area (Å²) in [7, 11) is -1.02. The van der Waals surface area contributed by atoms with Gasteiger partial charge in [0.15, 0.2) is 0 Å². The fourth-order valence-corrected chi connectivity index (χ4v) is 2.41. The van der Waals surface area contributed by atoms with Crippen molar-refractivity contribution in [1.82, 2.24) is 9.55 Å². The normalized spacial score (nSPS) is 12.1. The number of halogens is 1. The second-order valence-electron chi connectivity index (χ2n) is 4.96. The molecule has 1 N–H and O–H groups in total. The first-order chi connectivity index (χ1) is 7.42. The van der Waals surface area contributed by atoms with Gasteiger partial charge in [-0.3, -0.25) is 0 Å². The lowest BCUT2D eigenvalue weighted by atomic mass is 10.6. The fourth-order valence-electron chi connectivity index (χ4n) is 1.20. The van der Waals surface area contributed by atoms with E-state index in [0.29, 0.717) is 12.6 Å². The highest BCUT2D eigenvalue weighted by Crippen LogP contribution is 2.11. The highest BCUT2D eigenvalue weighted by Gasteiger charge is 2.12. The number of aliphatic hydroxyl groups is 1. The summed E-state index contributed by atoms with van der Waals surface area (Å²) in [5, 5.41) is 9.06. The van der Waals surface area contributed by atoms with Crippen molar-refractivity contribution < 1.29 is 9.84 Å². The van der Waals surface area contributed by atoms with E-state index in [4.69, 9.17) is 9.84 Å². The molecule has 0 aliphatic carbocycles. The molecular formula is C10H19BrN2O2Si. The van der Waals surface area contributed by atoms with Gasteiger partial charge in [-0.2, -0.15) is 0 Å². The molecule has 6 heteroatoms. The smallest absolute Gasteiger partial charge is 0.137 e. The van der Waals surface area contributed by atoms with Gasteiger partial charge < -0.3 is 14.4 Å². The molecule has 92 valence electrons. The number of aromatic nitrogens is 2. The summed E-state index contributed by atoms with van der Waals surface area (Å²) in [5.74, 6) is 0.625. The van der Waals surface area contributed by atoms with Crippen LogP contribution in [0.25, 0.3) is 0 Å². The van der Waals surface area contributed by atoms with Gasteiger partial charge in [-0.25, -0.2) is 4.98 Å². The molecule has 1 aromatic rings. The van der Waals surface area contributed by atoms with Gasteiger partial charge in [0, 0.05) is 20.9 Å². The van der Waals surface area contributed by atoms with Crippen molar-refractivity contribution in [3.05, 3.63) is 16.6 Å². The summed E-state index contributed by atoms with van der Waals surface area (Å²) in [6.45, 7) is 8.13. The van der Waals surface area contributed by atoms with E-state index < -0.39 is 8.07 Å². The molecule has 0 aliphatic heterocycles. The van der Waals surface area contributed by atoms with Gasteiger partial charge in [0.1, 0.15) is 23.8 Å². The molecule has 0 aliphatic rings. The van der Waals surface area contributed by atoms with E-state index in [0.717, 1.165) is 17.3 Å². The van der Waals surface area contributed by atoms with E-state index >= 15 is 0 Å². The molecule has 4 nitrogen and oxygen atoms in total. The van der Waals surface area contributed by atoms with Crippen LogP contribution in [-0.4, -0.2) is 29.3 Å². The quantitative estimate of drug-likeness (QED) is 0.649. The van der Waals surface area contributed by atoms with Gasteiger partial charge in [-0.15, -0.1) is 0 Å². The molecule has 0 radical (unpaired) electrons. The summed E-state index contributed by atoms with van der Waals surface area (Å²) in [4.78, 5) is 4.11. The Morgan fingerprint density at radius 3 is 2.75 bits per heavy atom. The van der Waals surface area contributed by atoms with Gasteiger partial charge >= 0.3 is 0 Å². The first kappa shape index (κ1) is 13.9. The molecule has 0 aromatic carbocycles. The number of rotatable bonds is 6. The minimum atomic E-state index is -1.02. The van der Waals surface area contributed by atoms with E-state index in [1.165, 1.54) is 0 Å². The maximum atomic E-state index is 9.06. The van der Waals surface area contributed by atoms with Gasteiger partial charge in [-0.05, 0) is 22.0 Å². The van der Waals surface area contributed by atoms with Crippen molar-refractivity contribution >= 4 is 24.0 Å². The topological polar surface area (TPSA) is 47.3 Å². The first-order valence-electron chi connectivity index (χ1n) is 5.32. The molecular weight excluding hydrogens is 288 g/mol. The maximum Gasteiger partial charge on any atom is 0.137 e. The van der Waals surface area contributed by atoms with Crippen molar-refractivity contribution in [2.24, 2.45) is 0 Å². The summed E-state index contributed by atoms with van der Waals surface area (Å²) < 4.78 is 8.12. The molecule has 0 atom stereocenters. The Kier molecular flexibility index (Phi) is 5.17. The van der Waals surface area contributed by atoms with E-state index in [-0.39, 0.29) is 6.61 Å². The lowest BCUT2D eigenvalue weighted by molar-refractivity contribution is 0.0817. The molecule has 16 heavy (non-hydrogen) atoms. The average Bonchev–Trinajstić information content (AvgIpc) is 2.52. The monoisotopic (exact) mass is 306 g/mol. The lowest BCUT2D eigenvalue weighted by Gasteiger charge is -2.15. The molecule has 0 unspecified atom stereocenters. The van der Waals surface area contributed by atoms with Crippen LogP contribution < -0.4 is 0 Å². The minimum absolute atomic E-state index is 0.0665. The van der Waals surface area contributed by atoms with Crippen LogP contribution in [0.5, 0.6) is 0 Å². The van der Waals surface area contributed by atoms with Gasteiger partial charge in [0.2, 0.25) is 0 Å². The zero-order valence-electron chi connectivity index (χ0n) is 10.0. The first-order valence-corrected chi connectivity index (χ1v) is 9.82. The molecule has 0 saturated carbocycles. The van der Waals surface area contributed by atoms with Crippen LogP contribution in [0.1, 0.15) is 5.82 Å². The molecule has 1 aromatic heterocycles. The predicted molar refractivity (Wildman–Crippen MR) is 70.0 cm³/mol. The predicted octanol–water partition coefficient (Wildman–Crippen LogP) is 2.45. The van der Waals surface area contributed by atoms with Gasteiger partial charge in [0.05, 0.1) is 0 Å². The van der Waals surface area contributed by atoms with Crippen LogP contribution in [0.15, 0.2) is 10.8 Å². The Morgan fingerprint density at radius 1 is 1.50 bits per heavy atom. The highest BCUT2D eigenvalue weighted by atomic mass is 79.9. The number of ether oxygens (including phenoxy) is 1. The third-order valence-corrected chi connectivity index (χ3v) is 4.28. The maximum absolute atomic E-state index is 9.06. The lowest BCUT2D eigenvalue weighted by Crippen LogP contribution is -2.22. The van der Waals surface area contributed by atoms with Crippen molar-refractivity contribution in [3.63, 3.8) is 0 Å². The zero-order valence-corrected chi connectivity index (χ0v) is 12.6. The van der Waals surface area contributed by atoms with Gasteiger partial charge in [0.25, 0.3) is 0 Å². The van der Waals surface area contributed by atoms with Crippen molar-refractivity contribution in [2.75, 3.05) is 6.61 Å². The largest absolute Gasteiger partial charge is 0.388 e. The van der Waals surface area contributed by atoms with Gasteiger partial charge in [-0.1, -0.05) is 19.6 Å². The number of nitrogens with zero attached hydrogens (tertiary/aromatic N) is 2. The van der Waals surface area contributed by atoms with E-state index in [1.54, 1.807) is 0 Å². The van der Waals surface area contributed by atoms with Crippen LogP contribution in [0.3, 0.4) is 0 Å². The second-order valence-corrected chi connectivity index (χ2v) is 11.4. The Morgan fingerprint density at radius 2 is 2.19 bits per heavy atom. The third-order valence-electron chi connectivity index (χ3n) is 2.20. The highest BCUT2D eigenvalue weighted by molar-refractivity contribution is 9.10. The van der Waals surface area contributed by atoms with Crippen LogP contribution in [-0.2, 0) is 18.1 Å². The van der Waals surface area contributed by atoms with Crippen LogP contribution >= 0.6 is 15.9 Å². The molecule has 0 amide bonds. The number of hydrogen-bond donors (Lipinski definition) is 1. The molecule has 0 saturated heterocycles. The van der Waals surface area contributed by atoms with Crippen LogP contribution in [0.2, 0.25) is 25.7 Å². The second kappa shape index (κ2) is 5.95. The summed E-state index contributed by atoms with van der Waals surface area (Å²) in [5.41, 5.74) is 0. The molecule has 0 bridgehead atoms. The Labute approximate surface area is 106 Å². The van der Waals surface area contributed by atoms with Crippen molar-refractivity contribution in [3.8, 4) is 0 Å². The zero-order chi connectivity index (χ0) is 12.2. The summed E-state index contributed by atoms with van der Waals surface area (Å²) in [6, 6.07) is 1.15. The van der Waals surface area contributed by atoms with Crippen molar-refractivity contribution in [2.45, 2.75) is 39.0 Å². The molecule has 1 rings (SSSR count). The van der Waals surface area contributed by atoms with Crippen molar-refractivity contribution in [1.29, 1.82) is 0 Å². The summed E-state index contributed by atoms with van der Waals surface area (Å²) in [6.07, 6.45) is 1.82. The number of imidazole rings is 1. The third kappa shape index (κ3) is 4.78. The van der Waals surface area contributed by atoms with Crippen LogP contribution in [0, 0.1) is 0 Å². The Bertz CT molecular complexity index is 336. The SMILES string of the molecule is C[Si](C)(C)CCOCn1cc(Br)nc1CO. The van der Waals surface area contributed by atoms with E-state index in [2.05, 4.69) is 40.6 Å². The molecule has 0 fully saturated rings. The Balaban J connectivity index is 2.37. The van der Waals surface area contributed by atoms with Crippen LogP contribution in [0.4, 0.5) is 0 Å². The average molecular weight is 307 g/mol. The van der Waals surface area contributed by atoms with E-state index in [9.17, 15) is 0 Å². The number of aliphatic hydroxyl groups excluding tert-OH is 1. The minimum Gasteiger partial charge on any atom is -0.388 e. The molecule has 0 spiro atoms. The standard InChI is InChI=1S/C10H19BrN2O2Si/c1-16(2,3)5-4-15-8-13-6-9(11)12-10(13)7-14/h6,14H,4-5,7-8H2,1-3H3. The molecule has 1 heterocycles. The summed E-state index contributed by atoms with van der Waals surface area (Å²) >= 11 is 3.27. The fraction of sp³-hybridized carbons (Fsp3) is 0.700. The number of hydrogen-bond acceptors (Lipinski definition) is 3. The Hall–Kier alpha value is -0.173.